The number of hydrazone groups is 1. The van der Waals surface area contributed by atoms with Crippen molar-refractivity contribution in [2.24, 2.45) is 5.10 Å². The van der Waals surface area contributed by atoms with Crippen molar-refractivity contribution in [3.8, 4) is 5.75 Å². The van der Waals surface area contributed by atoms with Gasteiger partial charge in [-0.05, 0) is 17.5 Å². The molecule has 1 aromatic carbocycles. The topological polar surface area (TPSA) is 41.9 Å². The van der Waals surface area contributed by atoms with E-state index in [-0.39, 0.29) is 11.8 Å². The molecule has 2 aliphatic rings. The molecule has 0 radical (unpaired) electrons. The molecule has 5 heteroatoms. The Hall–Kier alpha value is -2.14. The van der Waals surface area contributed by atoms with E-state index < -0.39 is 6.23 Å². The van der Waals surface area contributed by atoms with E-state index in [0.717, 1.165) is 28.3 Å². The zero-order chi connectivity index (χ0) is 14.4. The fourth-order valence-electron chi connectivity index (χ4n) is 2.89. The van der Waals surface area contributed by atoms with Gasteiger partial charge in [0.05, 0.1) is 16.6 Å². The summed E-state index contributed by atoms with van der Waals surface area (Å²) in [4.78, 5) is 13.1. The molecule has 0 N–H and O–H groups in total. The van der Waals surface area contributed by atoms with E-state index in [0.29, 0.717) is 0 Å². The van der Waals surface area contributed by atoms with Gasteiger partial charge in [0.2, 0.25) is 6.23 Å². The lowest BCUT2D eigenvalue weighted by molar-refractivity contribution is -0.135. The van der Waals surface area contributed by atoms with Crippen LogP contribution >= 0.6 is 11.3 Å². The number of nitrogens with zero attached hydrogens (tertiary/aromatic N) is 2. The van der Waals surface area contributed by atoms with Crippen LogP contribution in [0.4, 0.5) is 0 Å². The van der Waals surface area contributed by atoms with Crippen LogP contribution in [-0.4, -0.2) is 22.7 Å². The van der Waals surface area contributed by atoms with E-state index >= 15 is 0 Å². The fourth-order valence-corrected chi connectivity index (χ4v) is 3.62. The van der Waals surface area contributed by atoms with E-state index in [1.165, 1.54) is 0 Å². The standard InChI is InChI=1S/C16H14N2O2S/c1-10(19)16-18-13(11-5-2-3-6-14(11)20-16)9-12(17-18)15-7-4-8-21-15/h2-8,13,16H,9H2,1H3/t13-,16+/m1/s1. The molecule has 3 heterocycles. The van der Waals surface area contributed by atoms with Crippen LogP contribution in [0.15, 0.2) is 46.9 Å². The average molecular weight is 298 g/mol. The number of fused-ring (bicyclic) bond motifs is 3. The Morgan fingerprint density at radius 1 is 1.33 bits per heavy atom. The summed E-state index contributed by atoms with van der Waals surface area (Å²) in [6, 6.07) is 12.1. The van der Waals surface area contributed by atoms with Crippen molar-refractivity contribution in [1.82, 2.24) is 5.01 Å². The molecule has 0 unspecified atom stereocenters. The maximum absolute atomic E-state index is 11.9. The van der Waals surface area contributed by atoms with Crippen molar-refractivity contribution in [2.75, 3.05) is 0 Å². The first-order valence-electron chi connectivity index (χ1n) is 6.90. The number of ketones is 1. The second-order valence-electron chi connectivity index (χ2n) is 5.24. The predicted molar refractivity (Wildman–Crippen MR) is 81.6 cm³/mol. The summed E-state index contributed by atoms with van der Waals surface area (Å²) in [5.41, 5.74) is 2.13. The van der Waals surface area contributed by atoms with Gasteiger partial charge < -0.3 is 4.74 Å². The minimum Gasteiger partial charge on any atom is -0.461 e. The summed E-state index contributed by atoms with van der Waals surface area (Å²) >= 11 is 1.67. The number of hydrogen-bond acceptors (Lipinski definition) is 5. The van der Waals surface area contributed by atoms with Gasteiger partial charge >= 0.3 is 0 Å². The zero-order valence-corrected chi connectivity index (χ0v) is 12.3. The summed E-state index contributed by atoms with van der Waals surface area (Å²) in [7, 11) is 0. The number of ether oxygens (including phenoxy) is 1. The molecule has 0 spiro atoms. The molecule has 0 aliphatic carbocycles. The van der Waals surface area contributed by atoms with Crippen LogP contribution in [0.1, 0.15) is 29.8 Å². The predicted octanol–water partition coefficient (Wildman–Crippen LogP) is 3.21. The van der Waals surface area contributed by atoms with Crippen molar-refractivity contribution in [2.45, 2.75) is 25.6 Å². The van der Waals surface area contributed by atoms with Crippen molar-refractivity contribution in [3.63, 3.8) is 0 Å². The zero-order valence-electron chi connectivity index (χ0n) is 11.5. The molecule has 0 saturated carbocycles. The average Bonchev–Trinajstić information content (AvgIpc) is 3.15. The van der Waals surface area contributed by atoms with Gasteiger partial charge in [0.15, 0.2) is 5.78 Å². The highest BCUT2D eigenvalue weighted by Gasteiger charge is 2.42. The highest BCUT2D eigenvalue weighted by molar-refractivity contribution is 7.12. The van der Waals surface area contributed by atoms with E-state index in [1.54, 1.807) is 18.3 Å². The van der Waals surface area contributed by atoms with Crippen molar-refractivity contribution in [1.29, 1.82) is 0 Å². The van der Waals surface area contributed by atoms with Crippen LogP contribution in [0.2, 0.25) is 0 Å². The third-order valence-electron chi connectivity index (χ3n) is 3.85. The molecule has 106 valence electrons. The number of carbonyl (C=O) groups is 1. The largest absolute Gasteiger partial charge is 0.461 e. The Morgan fingerprint density at radius 2 is 2.19 bits per heavy atom. The molecule has 4 nitrogen and oxygen atoms in total. The number of Topliss-reactive ketones (excluding diaryl/α,β-unsaturated/α-hetero) is 1. The first kappa shape index (κ1) is 12.6. The molecular weight excluding hydrogens is 284 g/mol. The highest BCUT2D eigenvalue weighted by Crippen LogP contribution is 2.43. The molecule has 2 atom stereocenters. The van der Waals surface area contributed by atoms with Gasteiger partial charge in [0.1, 0.15) is 5.75 Å². The second kappa shape index (κ2) is 4.70. The van der Waals surface area contributed by atoms with Crippen LogP contribution in [0, 0.1) is 0 Å². The third-order valence-corrected chi connectivity index (χ3v) is 4.77. The summed E-state index contributed by atoms with van der Waals surface area (Å²) in [6.07, 6.45) is 0.187. The van der Waals surface area contributed by atoms with Gasteiger partial charge in [-0.25, -0.2) is 5.01 Å². The minimum absolute atomic E-state index is 0.0225. The molecular formula is C16H14N2O2S. The number of rotatable bonds is 2. The summed E-state index contributed by atoms with van der Waals surface area (Å²) in [5.74, 6) is 0.771. The molecule has 0 amide bonds. The van der Waals surface area contributed by atoms with Gasteiger partial charge in [0, 0.05) is 18.9 Å². The lowest BCUT2D eigenvalue weighted by Crippen LogP contribution is -2.44. The number of para-hydroxylation sites is 1. The van der Waals surface area contributed by atoms with Gasteiger partial charge in [-0.1, -0.05) is 24.3 Å². The first-order valence-corrected chi connectivity index (χ1v) is 7.78. The summed E-state index contributed by atoms with van der Waals surface area (Å²) in [6.45, 7) is 1.55. The minimum atomic E-state index is -0.623. The molecule has 0 bridgehead atoms. The van der Waals surface area contributed by atoms with Gasteiger partial charge in [-0.2, -0.15) is 5.10 Å². The second-order valence-corrected chi connectivity index (χ2v) is 6.19. The molecule has 2 aliphatic heterocycles. The van der Waals surface area contributed by atoms with Gasteiger partial charge in [0.25, 0.3) is 0 Å². The number of thiophene rings is 1. The molecule has 2 aromatic rings. The van der Waals surface area contributed by atoms with Crippen molar-refractivity contribution in [3.05, 3.63) is 52.2 Å². The molecule has 0 fully saturated rings. The number of carbonyl (C=O) groups excluding carboxylic acids is 1. The Morgan fingerprint density at radius 3 is 2.95 bits per heavy atom. The Bertz CT molecular complexity index is 724. The maximum Gasteiger partial charge on any atom is 0.246 e. The summed E-state index contributed by atoms with van der Waals surface area (Å²) in [5, 5.41) is 8.53. The SMILES string of the molecule is CC(=O)[C@@H]1Oc2ccccc2[C@H]2CC(c3cccs3)=NN21. The van der Waals surface area contributed by atoms with Crippen LogP contribution in [-0.2, 0) is 4.79 Å². The number of hydrogen-bond donors (Lipinski definition) is 0. The molecule has 0 saturated heterocycles. The maximum atomic E-state index is 11.9. The quantitative estimate of drug-likeness (QED) is 0.855. The van der Waals surface area contributed by atoms with Crippen LogP contribution < -0.4 is 4.74 Å². The molecule has 4 rings (SSSR count). The third kappa shape index (κ3) is 1.96. The Labute approximate surface area is 126 Å². The van der Waals surface area contributed by atoms with Crippen LogP contribution in [0.25, 0.3) is 0 Å². The van der Waals surface area contributed by atoms with E-state index in [1.807, 2.05) is 34.7 Å². The monoisotopic (exact) mass is 298 g/mol. The van der Waals surface area contributed by atoms with Crippen molar-refractivity contribution < 1.29 is 9.53 Å². The van der Waals surface area contributed by atoms with Crippen molar-refractivity contribution >= 4 is 22.8 Å². The molecule has 21 heavy (non-hydrogen) atoms. The van der Waals surface area contributed by atoms with Crippen LogP contribution in [0.5, 0.6) is 5.75 Å². The lowest BCUT2D eigenvalue weighted by Gasteiger charge is -2.36. The van der Waals surface area contributed by atoms with E-state index in [9.17, 15) is 4.79 Å². The fraction of sp³-hybridized carbons (Fsp3) is 0.250. The number of benzene rings is 1. The van der Waals surface area contributed by atoms with Gasteiger partial charge in [-0.15, -0.1) is 11.3 Å². The van der Waals surface area contributed by atoms with Gasteiger partial charge in [-0.3, -0.25) is 4.79 Å². The Balaban J connectivity index is 1.78. The smallest absolute Gasteiger partial charge is 0.246 e. The lowest BCUT2D eigenvalue weighted by atomic mass is 9.98. The van der Waals surface area contributed by atoms with E-state index in [4.69, 9.17) is 4.74 Å². The van der Waals surface area contributed by atoms with Crippen LogP contribution in [0.3, 0.4) is 0 Å². The normalized spacial score (nSPS) is 23.1. The van der Waals surface area contributed by atoms with E-state index in [2.05, 4.69) is 17.2 Å². The molecule has 1 aromatic heterocycles. The first-order chi connectivity index (χ1) is 10.2. The summed E-state index contributed by atoms with van der Waals surface area (Å²) < 4.78 is 5.85. The Kier molecular flexibility index (Phi) is 2.82. The highest BCUT2D eigenvalue weighted by atomic mass is 32.1.